The molecular weight excluding hydrogens is 304 g/mol. The van der Waals surface area contributed by atoms with Gasteiger partial charge >= 0.3 is 0 Å². The topological polar surface area (TPSA) is 42.0 Å². The fourth-order valence-corrected chi connectivity index (χ4v) is 4.59. The third-order valence-electron chi connectivity index (χ3n) is 5.94. The van der Waals surface area contributed by atoms with Crippen LogP contribution in [0.2, 0.25) is 0 Å². The fourth-order valence-electron chi connectivity index (χ4n) is 4.59. The summed E-state index contributed by atoms with van der Waals surface area (Å²) in [6.45, 7) is 7.61. The second kappa shape index (κ2) is 8.15. The Balaban J connectivity index is 1.62. The highest BCUT2D eigenvalue weighted by atomic mass is 16.5. The molecule has 3 fully saturated rings. The van der Waals surface area contributed by atoms with Crippen molar-refractivity contribution in [1.29, 1.82) is 0 Å². The fraction of sp³-hybridized carbons (Fsp3) is 0.947. The highest BCUT2D eigenvalue weighted by Gasteiger charge is 2.41. The van der Waals surface area contributed by atoms with Crippen molar-refractivity contribution in [3.05, 3.63) is 0 Å². The number of amides is 1. The first-order valence-corrected chi connectivity index (χ1v) is 9.82. The lowest BCUT2D eigenvalue weighted by Gasteiger charge is -2.36. The van der Waals surface area contributed by atoms with E-state index in [0.29, 0.717) is 18.7 Å². The molecule has 24 heavy (non-hydrogen) atoms. The quantitative estimate of drug-likeness (QED) is 0.745. The normalized spacial score (nSPS) is 32.8. The molecule has 3 aliphatic heterocycles. The first-order chi connectivity index (χ1) is 11.6. The molecule has 5 heteroatoms. The molecule has 1 amide bonds. The van der Waals surface area contributed by atoms with E-state index in [1.807, 2.05) is 0 Å². The Labute approximate surface area is 146 Å². The molecule has 0 aromatic carbocycles. The average Bonchev–Trinajstić information content (AvgIpc) is 3.27. The first-order valence-electron chi connectivity index (χ1n) is 9.82. The van der Waals surface area contributed by atoms with Crippen molar-refractivity contribution >= 4 is 5.91 Å². The zero-order valence-corrected chi connectivity index (χ0v) is 15.6. The number of likely N-dealkylation sites (N-methyl/N-ethyl adjacent to an activating group) is 1. The summed E-state index contributed by atoms with van der Waals surface area (Å²) in [6.07, 6.45) is 6.73. The molecule has 0 unspecified atom stereocenters. The molecule has 138 valence electrons. The Bertz CT molecular complexity index is 423. The zero-order chi connectivity index (χ0) is 17.1. The number of hydrogen-bond donors (Lipinski definition) is 0. The van der Waals surface area contributed by atoms with Crippen molar-refractivity contribution in [1.82, 2.24) is 9.80 Å². The van der Waals surface area contributed by atoms with Gasteiger partial charge in [-0.15, -0.1) is 0 Å². The van der Waals surface area contributed by atoms with Crippen LogP contribution in [-0.4, -0.2) is 73.3 Å². The van der Waals surface area contributed by atoms with Crippen molar-refractivity contribution in [2.45, 2.75) is 76.7 Å². The van der Waals surface area contributed by atoms with E-state index in [2.05, 4.69) is 30.7 Å². The van der Waals surface area contributed by atoms with Crippen LogP contribution in [0.4, 0.5) is 0 Å². The highest BCUT2D eigenvalue weighted by molar-refractivity contribution is 5.82. The zero-order valence-electron chi connectivity index (χ0n) is 15.6. The molecule has 0 N–H and O–H groups in total. The molecule has 0 saturated carbocycles. The van der Waals surface area contributed by atoms with Crippen molar-refractivity contribution in [3.63, 3.8) is 0 Å². The number of nitrogens with zero attached hydrogens (tertiary/aromatic N) is 2. The van der Waals surface area contributed by atoms with Gasteiger partial charge in [0.1, 0.15) is 6.10 Å². The van der Waals surface area contributed by atoms with E-state index in [-0.39, 0.29) is 24.0 Å². The molecule has 5 nitrogen and oxygen atoms in total. The molecule has 0 spiro atoms. The number of hydrogen-bond acceptors (Lipinski definition) is 4. The summed E-state index contributed by atoms with van der Waals surface area (Å²) in [4.78, 5) is 17.8. The standard InChI is InChI=1S/C19H34N2O3/c1-14(2)18(24-13-15-7-6-12-23-15)19(22)21-11-5-9-17(21)16-8-4-10-20(16)3/h14-18H,4-13H2,1-3H3/t15-,16-,17-,18-/m0/s1. The van der Waals surface area contributed by atoms with Gasteiger partial charge in [0.25, 0.3) is 5.91 Å². The lowest BCUT2D eigenvalue weighted by molar-refractivity contribution is -0.151. The summed E-state index contributed by atoms with van der Waals surface area (Å²) < 4.78 is 11.7. The number of carbonyl (C=O) groups is 1. The molecule has 4 atom stereocenters. The second-order valence-corrected chi connectivity index (χ2v) is 8.06. The molecule has 3 saturated heterocycles. The van der Waals surface area contributed by atoms with Crippen LogP contribution in [-0.2, 0) is 14.3 Å². The monoisotopic (exact) mass is 338 g/mol. The van der Waals surface area contributed by atoms with Gasteiger partial charge in [0.15, 0.2) is 0 Å². The van der Waals surface area contributed by atoms with Gasteiger partial charge in [-0.1, -0.05) is 13.8 Å². The molecule has 3 heterocycles. The van der Waals surface area contributed by atoms with Crippen LogP contribution in [0.3, 0.4) is 0 Å². The maximum atomic E-state index is 13.2. The van der Waals surface area contributed by atoms with Crippen LogP contribution in [0.1, 0.15) is 52.4 Å². The Morgan fingerprint density at radius 3 is 2.50 bits per heavy atom. The van der Waals surface area contributed by atoms with Gasteiger partial charge in [0.2, 0.25) is 0 Å². The van der Waals surface area contributed by atoms with Crippen molar-refractivity contribution in [2.75, 3.05) is 33.4 Å². The Morgan fingerprint density at radius 1 is 1.12 bits per heavy atom. The van der Waals surface area contributed by atoms with Gasteiger partial charge in [-0.25, -0.2) is 0 Å². The number of likely N-dealkylation sites (tertiary alicyclic amines) is 2. The minimum Gasteiger partial charge on any atom is -0.376 e. The highest BCUT2D eigenvalue weighted by Crippen LogP contribution is 2.30. The SMILES string of the molecule is CC(C)[C@H](OC[C@@H]1CCCO1)C(=O)N1CCC[C@H]1[C@@H]1CCCN1C. The van der Waals surface area contributed by atoms with Gasteiger partial charge in [-0.3, -0.25) is 4.79 Å². The van der Waals surface area contributed by atoms with E-state index in [1.54, 1.807) is 0 Å². The molecular formula is C19H34N2O3. The molecule has 0 aromatic heterocycles. The number of rotatable bonds is 6. The minimum atomic E-state index is -0.332. The van der Waals surface area contributed by atoms with Crippen LogP contribution in [0, 0.1) is 5.92 Å². The van der Waals surface area contributed by atoms with E-state index in [4.69, 9.17) is 9.47 Å². The summed E-state index contributed by atoms with van der Waals surface area (Å²) in [6, 6.07) is 0.903. The summed E-state index contributed by atoms with van der Waals surface area (Å²) in [5, 5.41) is 0. The third kappa shape index (κ3) is 3.94. The smallest absolute Gasteiger partial charge is 0.252 e. The van der Waals surface area contributed by atoms with Gasteiger partial charge < -0.3 is 19.3 Å². The van der Waals surface area contributed by atoms with Crippen LogP contribution in [0.15, 0.2) is 0 Å². The molecule has 3 aliphatic rings. The van der Waals surface area contributed by atoms with Crippen molar-refractivity contribution in [3.8, 4) is 0 Å². The van der Waals surface area contributed by atoms with Crippen LogP contribution < -0.4 is 0 Å². The molecule has 3 rings (SSSR count). The minimum absolute atomic E-state index is 0.175. The lowest BCUT2D eigenvalue weighted by atomic mass is 10.0. The van der Waals surface area contributed by atoms with Crippen molar-refractivity contribution < 1.29 is 14.3 Å². The van der Waals surface area contributed by atoms with Gasteiger partial charge in [-0.05, 0) is 58.0 Å². The Kier molecular flexibility index (Phi) is 6.17. The average molecular weight is 338 g/mol. The maximum absolute atomic E-state index is 13.2. The number of carbonyl (C=O) groups excluding carboxylic acids is 1. The van der Waals surface area contributed by atoms with Crippen LogP contribution in [0.25, 0.3) is 0 Å². The van der Waals surface area contributed by atoms with E-state index < -0.39 is 0 Å². The van der Waals surface area contributed by atoms with Gasteiger partial charge in [-0.2, -0.15) is 0 Å². The molecule has 0 bridgehead atoms. The lowest BCUT2D eigenvalue weighted by Crippen LogP contribution is -2.51. The molecule has 0 aliphatic carbocycles. The largest absolute Gasteiger partial charge is 0.376 e. The first kappa shape index (κ1) is 18.2. The second-order valence-electron chi connectivity index (χ2n) is 8.06. The van der Waals surface area contributed by atoms with Crippen LogP contribution >= 0.6 is 0 Å². The third-order valence-corrected chi connectivity index (χ3v) is 5.94. The van der Waals surface area contributed by atoms with E-state index in [9.17, 15) is 4.79 Å². The molecule has 0 aromatic rings. The van der Waals surface area contributed by atoms with Crippen LogP contribution in [0.5, 0.6) is 0 Å². The summed E-state index contributed by atoms with van der Waals surface area (Å²) in [7, 11) is 2.20. The van der Waals surface area contributed by atoms with E-state index in [1.165, 1.54) is 12.8 Å². The predicted molar refractivity (Wildman–Crippen MR) is 93.9 cm³/mol. The number of ether oxygens (including phenoxy) is 2. The van der Waals surface area contributed by atoms with Crippen molar-refractivity contribution in [2.24, 2.45) is 5.92 Å². The predicted octanol–water partition coefficient (Wildman–Crippen LogP) is 2.29. The van der Waals surface area contributed by atoms with E-state index in [0.717, 1.165) is 45.4 Å². The molecule has 0 radical (unpaired) electrons. The Hall–Kier alpha value is -0.650. The Morgan fingerprint density at radius 2 is 1.88 bits per heavy atom. The maximum Gasteiger partial charge on any atom is 0.252 e. The van der Waals surface area contributed by atoms with Gasteiger partial charge in [0.05, 0.1) is 12.7 Å². The summed E-state index contributed by atoms with van der Waals surface area (Å²) in [5.74, 6) is 0.396. The van der Waals surface area contributed by atoms with E-state index >= 15 is 0 Å². The van der Waals surface area contributed by atoms with Gasteiger partial charge in [0, 0.05) is 25.2 Å². The summed E-state index contributed by atoms with van der Waals surface area (Å²) in [5.41, 5.74) is 0. The summed E-state index contributed by atoms with van der Waals surface area (Å²) >= 11 is 0.